The van der Waals surface area contributed by atoms with Crippen molar-refractivity contribution in [3.05, 3.63) is 81.7 Å². The number of hydrogen-bond acceptors (Lipinski definition) is 5. The minimum atomic E-state index is -3.23. The maximum Gasteiger partial charge on any atom is 0.258 e. The Balaban J connectivity index is 1.29. The second-order valence-corrected chi connectivity index (χ2v) is 12.6. The van der Waals surface area contributed by atoms with Crippen molar-refractivity contribution in [3.8, 4) is 0 Å². The number of carbonyl (C=O) groups is 2. The fourth-order valence-corrected chi connectivity index (χ4v) is 6.37. The molecule has 1 saturated heterocycles. The zero-order valence-corrected chi connectivity index (χ0v) is 23.8. The number of piperazine rings is 1. The van der Waals surface area contributed by atoms with Crippen molar-refractivity contribution < 1.29 is 18.0 Å². The van der Waals surface area contributed by atoms with Gasteiger partial charge in [-0.3, -0.25) is 14.3 Å². The molecular weight excluding hydrogens is 514 g/mol. The highest BCUT2D eigenvalue weighted by Gasteiger charge is 2.28. The maximum absolute atomic E-state index is 13.8. The van der Waals surface area contributed by atoms with Gasteiger partial charge in [0.15, 0.2) is 0 Å². The minimum Gasteiger partial charge on any atom is -0.340 e. The number of aromatic nitrogens is 2. The number of aryl methyl sites for hydroxylation is 4. The molecule has 0 atom stereocenters. The van der Waals surface area contributed by atoms with Gasteiger partial charge in [-0.2, -0.15) is 9.40 Å². The highest BCUT2D eigenvalue weighted by atomic mass is 32.2. The molecule has 1 fully saturated rings. The molecular formula is C29H35N5O4S. The Labute approximate surface area is 230 Å². The van der Waals surface area contributed by atoms with Crippen LogP contribution in [0.2, 0.25) is 0 Å². The lowest BCUT2D eigenvalue weighted by Gasteiger charge is -2.33. The number of amides is 2. The predicted molar refractivity (Wildman–Crippen MR) is 150 cm³/mol. The average Bonchev–Trinajstić information content (AvgIpc) is 3.15. The monoisotopic (exact) mass is 549 g/mol. The summed E-state index contributed by atoms with van der Waals surface area (Å²) in [5, 5.41) is 4.43. The highest BCUT2D eigenvalue weighted by molar-refractivity contribution is 7.88. The molecule has 2 aromatic carbocycles. The molecule has 5 rings (SSSR count). The van der Waals surface area contributed by atoms with Crippen LogP contribution in [0.1, 0.15) is 50.3 Å². The summed E-state index contributed by atoms with van der Waals surface area (Å²) in [5.41, 5.74) is 7.94. The summed E-state index contributed by atoms with van der Waals surface area (Å²) in [6.45, 7) is 5.98. The average molecular weight is 550 g/mol. The number of nitrogens with zero attached hydrogens (tertiary/aromatic N) is 5. The van der Waals surface area contributed by atoms with Crippen LogP contribution in [-0.2, 0) is 41.3 Å². The van der Waals surface area contributed by atoms with Gasteiger partial charge in [-0.1, -0.05) is 23.8 Å². The molecule has 39 heavy (non-hydrogen) atoms. The Morgan fingerprint density at radius 3 is 2.41 bits per heavy atom. The molecule has 2 amide bonds. The van der Waals surface area contributed by atoms with Crippen molar-refractivity contribution in [2.45, 2.75) is 39.7 Å². The Bertz CT molecular complexity index is 1540. The van der Waals surface area contributed by atoms with E-state index in [0.717, 1.165) is 45.6 Å². The van der Waals surface area contributed by atoms with Gasteiger partial charge in [0, 0.05) is 68.6 Å². The molecule has 1 aromatic heterocycles. The zero-order valence-electron chi connectivity index (χ0n) is 23.0. The van der Waals surface area contributed by atoms with Gasteiger partial charge in [0.1, 0.15) is 0 Å². The van der Waals surface area contributed by atoms with Crippen molar-refractivity contribution in [1.82, 2.24) is 19.0 Å². The van der Waals surface area contributed by atoms with Crippen LogP contribution in [0.4, 0.5) is 5.69 Å². The van der Waals surface area contributed by atoms with E-state index in [2.05, 4.69) is 18.1 Å². The fraction of sp³-hybridized carbons (Fsp3) is 0.414. The summed E-state index contributed by atoms with van der Waals surface area (Å²) in [5.74, 6) is -0.0438. The van der Waals surface area contributed by atoms with Crippen LogP contribution in [0.15, 0.2) is 42.6 Å². The van der Waals surface area contributed by atoms with Crippen molar-refractivity contribution in [2.75, 3.05) is 37.3 Å². The van der Waals surface area contributed by atoms with Gasteiger partial charge < -0.3 is 9.80 Å². The van der Waals surface area contributed by atoms with Crippen LogP contribution in [0.3, 0.4) is 0 Å². The first-order valence-corrected chi connectivity index (χ1v) is 15.1. The van der Waals surface area contributed by atoms with E-state index in [1.807, 2.05) is 60.1 Å². The molecule has 0 unspecified atom stereocenters. The van der Waals surface area contributed by atoms with Crippen LogP contribution < -0.4 is 4.90 Å². The first-order valence-electron chi connectivity index (χ1n) is 13.2. The molecule has 0 aliphatic carbocycles. The fourth-order valence-electron chi connectivity index (χ4n) is 5.54. The van der Waals surface area contributed by atoms with Crippen LogP contribution in [0.5, 0.6) is 0 Å². The van der Waals surface area contributed by atoms with Gasteiger partial charge in [-0.25, -0.2) is 8.42 Å². The molecule has 0 spiro atoms. The first-order chi connectivity index (χ1) is 18.5. The van der Waals surface area contributed by atoms with Crippen molar-refractivity contribution in [1.29, 1.82) is 0 Å². The van der Waals surface area contributed by atoms with E-state index in [0.29, 0.717) is 51.1 Å². The lowest BCUT2D eigenvalue weighted by atomic mass is 9.99. The Morgan fingerprint density at radius 1 is 0.974 bits per heavy atom. The molecule has 3 aromatic rings. The largest absolute Gasteiger partial charge is 0.340 e. The lowest BCUT2D eigenvalue weighted by Crippen LogP contribution is -2.50. The number of carbonyl (C=O) groups excluding carboxylic acids is 2. The minimum absolute atomic E-state index is 0.0199. The van der Waals surface area contributed by atoms with E-state index in [1.54, 1.807) is 4.90 Å². The SMILES string of the molecule is Cc1ccc2c(c1)Cc1c(cnn1C)CN2C(=O)c1ccc(CCC(=O)N2CCN(S(C)(=O)=O)CC2)c(C)c1. The van der Waals surface area contributed by atoms with Crippen LogP contribution >= 0.6 is 0 Å². The molecule has 2 aliphatic heterocycles. The number of fused-ring (bicyclic) bond motifs is 2. The van der Waals surface area contributed by atoms with Crippen LogP contribution in [0, 0.1) is 13.8 Å². The molecule has 2 aliphatic rings. The van der Waals surface area contributed by atoms with E-state index in [4.69, 9.17) is 0 Å². The summed E-state index contributed by atoms with van der Waals surface area (Å²) in [6.07, 6.45) is 4.68. The standard InChI is InChI=1S/C29H35N5O4S/c1-20-5-9-26-24(15-20)17-27-25(18-30-31(27)3)19-34(26)29(36)23-7-6-22(21(2)16-23)8-10-28(35)32-11-13-33(14-12-32)39(4,37)38/h5-7,9,15-16,18H,8,10-14,17,19H2,1-4H3. The van der Waals surface area contributed by atoms with Gasteiger partial charge in [0.05, 0.1) is 19.0 Å². The molecule has 10 heteroatoms. The van der Waals surface area contributed by atoms with Gasteiger partial charge in [0.25, 0.3) is 5.91 Å². The van der Waals surface area contributed by atoms with Gasteiger partial charge in [0.2, 0.25) is 15.9 Å². The normalized spacial score (nSPS) is 16.0. The smallest absolute Gasteiger partial charge is 0.258 e. The maximum atomic E-state index is 13.8. The van der Waals surface area contributed by atoms with Crippen molar-refractivity contribution >= 4 is 27.5 Å². The van der Waals surface area contributed by atoms with E-state index >= 15 is 0 Å². The Kier molecular flexibility index (Phi) is 7.35. The third-order valence-electron chi connectivity index (χ3n) is 7.86. The number of sulfonamides is 1. The number of rotatable bonds is 5. The van der Waals surface area contributed by atoms with Gasteiger partial charge in [-0.05, 0) is 55.2 Å². The predicted octanol–water partition coefficient (Wildman–Crippen LogP) is 2.82. The summed E-state index contributed by atoms with van der Waals surface area (Å²) in [6, 6.07) is 11.9. The number of hydrogen-bond donors (Lipinski definition) is 0. The molecule has 0 bridgehead atoms. The summed E-state index contributed by atoms with van der Waals surface area (Å²) >= 11 is 0. The van der Waals surface area contributed by atoms with Crippen LogP contribution in [-0.4, -0.2) is 71.7 Å². The zero-order chi connectivity index (χ0) is 27.9. The quantitative estimate of drug-likeness (QED) is 0.488. The van der Waals surface area contributed by atoms with Crippen molar-refractivity contribution in [2.24, 2.45) is 7.05 Å². The Hall–Kier alpha value is -3.50. The molecule has 0 radical (unpaired) electrons. The molecule has 0 N–H and O–H groups in total. The van der Waals surface area contributed by atoms with Crippen LogP contribution in [0.25, 0.3) is 0 Å². The van der Waals surface area contributed by atoms with Gasteiger partial charge >= 0.3 is 0 Å². The first kappa shape index (κ1) is 27.1. The molecule has 0 saturated carbocycles. The summed E-state index contributed by atoms with van der Waals surface area (Å²) < 4.78 is 26.8. The van der Waals surface area contributed by atoms with Gasteiger partial charge in [-0.15, -0.1) is 0 Å². The van der Waals surface area contributed by atoms with E-state index in [1.165, 1.54) is 10.6 Å². The highest BCUT2D eigenvalue weighted by Crippen LogP contribution is 2.32. The van der Waals surface area contributed by atoms with E-state index < -0.39 is 10.0 Å². The number of anilines is 1. The van der Waals surface area contributed by atoms with E-state index in [9.17, 15) is 18.0 Å². The van der Waals surface area contributed by atoms with E-state index in [-0.39, 0.29) is 11.8 Å². The topological polar surface area (TPSA) is 95.8 Å². The third kappa shape index (κ3) is 5.62. The second-order valence-electron chi connectivity index (χ2n) is 10.6. The summed E-state index contributed by atoms with van der Waals surface area (Å²) in [7, 11) is -1.29. The Morgan fingerprint density at radius 2 is 1.72 bits per heavy atom. The number of benzene rings is 2. The third-order valence-corrected chi connectivity index (χ3v) is 9.17. The molecule has 9 nitrogen and oxygen atoms in total. The van der Waals surface area contributed by atoms with Crippen molar-refractivity contribution in [3.63, 3.8) is 0 Å². The summed E-state index contributed by atoms with van der Waals surface area (Å²) in [4.78, 5) is 30.2. The molecule has 206 valence electrons. The molecule has 3 heterocycles. The second kappa shape index (κ2) is 10.6. The lowest BCUT2D eigenvalue weighted by molar-refractivity contribution is -0.132.